The molecule has 1 aromatic rings. The van der Waals surface area contributed by atoms with Gasteiger partial charge in [0.1, 0.15) is 11.4 Å². The maximum absolute atomic E-state index is 11.0. The van der Waals surface area contributed by atoms with Crippen LogP contribution in [0.15, 0.2) is 18.2 Å². The van der Waals surface area contributed by atoms with E-state index in [-0.39, 0.29) is 16.7 Å². The van der Waals surface area contributed by atoms with Crippen LogP contribution in [0.2, 0.25) is 0 Å². The molecule has 0 saturated heterocycles. The molecular weight excluding hydrogens is 206 g/mol. The van der Waals surface area contributed by atoms with Gasteiger partial charge < -0.3 is 10.6 Å². The summed E-state index contributed by atoms with van der Waals surface area (Å²) in [5, 5.41) is 17.1. The molecule has 16 heavy (non-hydrogen) atoms. The second-order valence-corrected chi connectivity index (χ2v) is 3.79. The Bertz CT molecular complexity index is 377. The van der Waals surface area contributed by atoms with Crippen molar-refractivity contribution in [2.24, 2.45) is 0 Å². The first-order valence-electron chi connectivity index (χ1n) is 5.34. The van der Waals surface area contributed by atoms with Gasteiger partial charge >= 0.3 is 5.69 Å². The summed E-state index contributed by atoms with van der Waals surface area (Å²) in [4.78, 5) is 10.7. The van der Waals surface area contributed by atoms with Gasteiger partial charge in [0.15, 0.2) is 0 Å². The molecule has 0 amide bonds. The predicted molar refractivity (Wildman–Crippen MR) is 66.0 cm³/mol. The Kier molecular flexibility index (Phi) is 4.10. The Morgan fingerprint density at radius 2 is 2.00 bits per heavy atom. The van der Waals surface area contributed by atoms with Crippen molar-refractivity contribution >= 4 is 17.1 Å². The van der Waals surface area contributed by atoms with E-state index in [1.165, 1.54) is 0 Å². The maximum Gasteiger partial charge on any atom is 0.315 e. The zero-order valence-electron chi connectivity index (χ0n) is 9.78. The van der Waals surface area contributed by atoms with Crippen molar-refractivity contribution in [3.8, 4) is 0 Å². The van der Waals surface area contributed by atoms with E-state index >= 15 is 0 Å². The van der Waals surface area contributed by atoms with Gasteiger partial charge in [0, 0.05) is 12.6 Å². The van der Waals surface area contributed by atoms with Crippen molar-refractivity contribution in [2.45, 2.75) is 26.8 Å². The zero-order chi connectivity index (χ0) is 12.1. The number of nitro groups is 1. The fraction of sp³-hybridized carbons (Fsp3) is 0.455. The van der Waals surface area contributed by atoms with Gasteiger partial charge in [-0.15, -0.1) is 0 Å². The van der Waals surface area contributed by atoms with Crippen molar-refractivity contribution < 1.29 is 4.92 Å². The molecule has 0 aromatic heterocycles. The molecule has 0 fully saturated rings. The predicted octanol–water partition coefficient (Wildman–Crippen LogP) is 2.85. The third-order valence-electron chi connectivity index (χ3n) is 2.03. The smallest absolute Gasteiger partial charge is 0.315 e. The number of anilines is 2. The second kappa shape index (κ2) is 5.34. The molecule has 0 heterocycles. The summed E-state index contributed by atoms with van der Waals surface area (Å²) in [6.45, 7) is 6.46. The number of nitrogens with zero attached hydrogens (tertiary/aromatic N) is 1. The molecule has 0 aliphatic heterocycles. The maximum atomic E-state index is 11.0. The number of para-hydroxylation sites is 1. The molecule has 88 valence electrons. The minimum atomic E-state index is -0.358. The van der Waals surface area contributed by atoms with Crippen molar-refractivity contribution in [3.05, 3.63) is 28.3 Å². The van der Waals surface area contributed by atoms with Gasteiger partial charge in [0.25, 0.3) is 0 Å². The Morgan fingerprint density at radius 3 is 2.50 bits per heavy atom. The van der Waals surface area contributed by atoms with E-state index in [2.05, 4.69) is 10.6 Å². The molecule has 0 radical (unpaired) electrons. The van der Waals surface area contributed by atoms with E-state index in [1.54, 1.807) is 18.2 Å². The molecule has 5 heteroatoms. The van der Waals surface area contributed by atoms with E-state index in [0.717, 1.165) is 0 Å². The van der Waals surface area contributed by atoms with E-state index in [4.69, 9.17) is 0 Å². The van der Waals surface area contributed by atoms with E-state index in [1.807, 2.05) is 20.8 Å². The third-order valence-corrected chi connectivity index (χ3v) is 2.03. The summed E-state index contributed by atoms with van der Waals surface area (Å²) in [5.41, 5.74) is 1.22. The lowest BCUT2D eigenvalue weighted by Gasteiger charge is -2.12. The molecule has 0 bridgehead atoms. The topological polar surface area (TPSA) is 67.2 Å². The second-order valence-electron chi connectivity index (χ2n) is 3.79. The number of hydrogen-bond donors (Lipinski definition) is 2. The molecule has 0 atom stereocenters. The molecule has 0 aliphatic carbocycles. The summed E-state index contributed by atoms with van der Waals surface area (Å²) < 4.78 is 0. The molecule has 5 nitrogen and oxygen atoms in total. The van der Waals surface area contributed by atoms with Gasteiger partial charge in [-0.25, -0.2) is 0 Å². The molecule has 0 spiro atoms. The zero-order valence-corrected chi connectivity index (χ0v) is 9.78. The van der Waals surface area contributed by atoms with Crippen LogP contribution < -0.4 is 10.6 Å². The van der Waals surface area contributed by atoms with Crippen LogP contribution in [0, 0.1) is 10.1 Å². The van der Waals surface area contributed by atoms with Gasteiger partial charge in [-0.3, -0.25) is 10.1 Å². The molecular formula is C11H17N3O2. The van der Waals surface area contributed by atoms with Crippen LogP contribution in [0.3, 0.4) is 0 Å². The van der Waals surface area contributed by atoms with Crippen LogP contribution in [-0.2, 0) is 0 Å². The molecule has 0 aliphatic rings. The highest BCUT2D eigenvalue weighted by Crippen LogP contribution is 2.32. The lowest BCUT2D eigenvalue weighted by Crippen LogP contribution is -2.12. The Hall–Kier alpha value is -1.78. The van der Waals surface area contributed by atoms with E-state index < -0.39 is 0 Å². The summed E-state index contributed by atoms with van der Waals surface area (Å²) in [6.07, 6.45) is 0. The number of benzene rings is 1. The van der Waals surface area contributed by atoms with Crippen molar-refractivity contribution in [1.82, 2.24) is 0 Å². The lowest BCUT2D eigenvalue weighted by atomic mass is 10.2. The first kappa shape index (κ1) is 12.3. The normalized spacial score (nSPS) is 10.2. The quantitative estimate of drug-likeness (QED) is 0.595. The highest BCUT2D eigenvalue weighted by atomic mass is 16.6. The highest BCUT2D eigenvalue weighted by molar-refractivity contribution is 5.76. The number of rotatable bonds is 5. The monoisotopic (exact) mass is 223 g/mol. The Morgan fingerprint density at radius 1 is 1.38 bits per heavy atom. The highest BCUT2D eigenvalue weighted by Gasteiger charge is 2.19. The Labute approximate surface area is 95.0 Å². The number of nitrogens with one attached hydrogen (secondary N) is 2. The average Bonchev–Trinajstić information content (AvgIpc) is 2.16. The number of hydrogen-bond acceptors (Lipinski definition) is 4. The summed E-state index contributed by atoms with van der Waals surface area (Å²) in [7, 11) is 0. The Balaban J connectivity index is 3.16. The van der Waals surface area contributed by atoms with Gasteiger partial charge in [-0.05, 0) is 32.9 Å². The van der Waals surface area contributed by atoms with Crippen LogP contribution >= 0.6 is 0 Å². The van der Waals surface area contributed by atoms with Gasteiger partial charge in [0.05, 0.1) is 4.92 Å². The molecule has 1 aromatic carbocycles. The van der Waals surface area contributed by atoms with Crippen LogP contribution in [0.25, 0.3) is 0 Å². The van der Waals surface area contributed by atoms with Gasteiger partial charge in [-0.2, -0.15) is 0 Å². The van der Waals surface area contributed by atoms with Crippen molar-refractivity contribution in [3.63, 3.8) is 0 Å². The van der Waals surface area contributed by atoms with Crippen LogP contribution in [0.4, 0.5) is 17.1 Å². The van der Waals surface area contributed by atoms with Crippen molar-refractivity contribution in [1.29, 1.82) is 0 Å². The van der Waals surface area contributed by atoms with Gasteiger partial charge in [-0.1, -0.05) is 6.07 Å². The SMILES string of the molecule is CCNc1cccc(NC(C)C)c1[N+](=O)[O-]. The van der Waals surface area contributed by atoms with E-state index in [9.17, 15) is 10.1 Å². The molecule has 2 N–H and O–H groups in total. The fourth-order valence-corrected chi connectivity index (χ4v) is 1.50. The summed E-state index contributed by atoms with van der Waals surface area (Å²) >= 11 is 0. The minimum absolute atomic E-state index is 0.109. The van der Waals surface area contributed by atoms with Gasteiger partial charge in [0.2, 0.25) is 0 Å². The minimum Gasteiger partial charge on any atom is -0.380 e. The summed E-state index contributed by atoms with van der Waals surface area (Å²) in [6, 6.07) is 5.40. The average molecular weight is 223 g/mol. The lowest BCUT2D eigenvalue weighted by molar-refractivity contribution is -0.383. The standard InChI is InChI=1S/C11H17N3O2/c1-4-12-9-6-5-7-10(13-8(2)3)11(9)14(15)16/h5-8,12-13H,4H2,1-3H3. The molecule has 0 unspecified atom stereocenters. The first-order valence-corrected chi connectivity index (χ1v) is 5.34. The fourth-order valence-electron chi connectivity index (χ4n) is 1.50. The number of nitro benzene ring substituents is 1. The largest absolute Gasteiger partial charge is 0.380 e. The van der Waals surface area contributed by atoms with Crippen LogP contribution in [0.1, 0.15) is 20.8 Å². The van der Waals surface area contributed by atoms with E-state index in [0.29, 0.717) is 17.9 Å². The third kappa shape index (κ3) is 2.85. The van der Waals surface area contributed by atoms with Crippen molar-refractivity contribution in [2.75, 3.05) is 17.2 Å². The van der Waals surface area contributed by atoms with Crippen LogP contribution in [0.5, 0.6) is 0 Å². The molecule has 1 rings (SSSR count). The first-order chi connectivity index (χ1) is 7.56. The molecule has 0 saturated carbocycles. The van der Waals surface area contributed by atoms with Crippen LogP contribution in [-0.4, -0.2) is 17.5 Å². The summed E-state index contributed by atoms with van der Waals surface area (Å²) in [5.74, 6) is 0.